The summed E-state index contributed by atoms with van der Waals surface area (Å²) in [6, 6.07) is 9.59. The molecular weight excluding hydrogens is 472 g/mol. The normalized spacial score (nSPS) is 12.0. The molecule has 1 unspecified atom stereocenters. The lowest BCUT2D eigenvalue weighted by Crippen LogP contribution is -2.50. The fraction of sp³-hybridized carbons (Fsp3) is 0.333. The van der Waals surface area contributed by atoms with Gasteiger partial charge in [-0.05, 0) is 31.0 Å². The van der Waals surface area contributed by atoms with Crippen LogP contribution < -0.4 is 9.62 Å². The predicted molar refractivity (Wildman–Crippen MR) is 126 cm³/mol. The number of amides is 2. The average Bonchev–Trinajstić information content (AvgIpc) is 2.75. The molecule has 0 saturated carbocycles. The fourth-order valence-corrected chi connectivity index (χ4v) is 4.27. The highest BCUT2D eigenvalue weighted by atomic mass is 35.5. The van der Waals surface area contributed by atoms with Crippen LogP contribution in [0.2, 0.25) is 5.02 Å². The van der Waals surface area contributed by atoms with Crippen molar-refractivity contribution in [2.24, 2.45) is 0 Å². The number of anilines is 1. The van der Waals surface area contributed by atoms with E-state index in [0.29, 0.717) is 16.1 Å². The van der Waals surface area contributed by atoms with Gasteiger partial charge in [0.15, 0.2) is 0 Å². The highest BCUT2D eigenvalue weighted by Crippen LogP contribution is 2.28. The van der Waals surface area contributed by atoms with Gasteiger partial charge >= 0.3 is 0 Å². The van der Waals surface area contributed by atoms with Gasteiger partial charge in [-0.25, -0.2) is 8.42 Å². The molecule has 0 radical (unpaired) electrons. The van der Waals surface area contributed by atoms with Gasteiger partial charge < -0.3 is 10.2 Å². The molecule has 2 aromatic rings. The summed E-state index contributed by atoms with van der Waals surface area (Å²) in [5, 5.41) is 14.1. The summed E-state index contributed by atoms with van der Waals surface area (Å²) >= 11 is 6.22. The summed E-state index contributed by atoms with van der Waals surface area (Å²) in [4.78, 5) is 37.4. The maximum Gasteiger partial charge on any atom is 0.271 e. The number of carbonyl (C=O) groups excluding carboxylic acids is 2. The predicted octanol–water partition coefficient (Wildman–Crippen LogP) is 2.49. The van der Waals surface area contributed by atoms with Gasteiger partial charge in [0.1, 0.15) is 12.6 Å². The third kappa shape index (κ3) is 6.42. The second kappa shape index (κ2) is 10.6. The van der Waals surface area contributed by atoms with Gasteiger partial charge in [-0.1, -0.05) is 35.9 Å². The first kappa shape index (κ1) is 26.1. The summed E-state index contributed by atoms with van der Waals surface area (Å²) in [7, 11) is -2.58. The number of hydrogen-bond acceptors (Lipinski definition) is 6. The van der Waals surface area contributed by atoms with E-state index >= 15 is 0 Å². The van der Waals surface area contributed by atoms with Crippen molar-refractivity contribution in [2.45, 2.75) is 26.4 Å². The Morgan fingerprint density at radius 2 is 1.85 bits per heavy atom. The van der Waals surface area contributed by atoms with Crippen molar-refractivity contribution in [3.05, 3.63) is 68.7 Å². The second-order valence-corrected chi connectivity index (χ2v) is 9.71. The Balaban J connectivity index is 2.49. The summed E-state index contributed by atoms with van der Waals surface area (Å²) in [5.41, 5.74) is 0.685. The minimum atomic E-state index is -4.01. The minimum absolute atomic E-state index is 0.00494. The van der Waals surface area contributed by atoms with E-state index < -0.39 is 39.3 Å². The largest absolute Gasteiger partial charge is 0.357 e. The van der Waals surface area contributed by atoms with E-state index in [-0.39, 0.29) is 17.9 Å². The molecule has 0 spiro atoms. The molecule has 2 amide bonds. The minimum Gasteiger partial charge on any atom is -0.357 e. The Bertz CT molecular complexity index is 1170. The van der Waals surface area contributed by atoms with Crippen LogP contribution in [0.25, 0.3) is 0 Å². The van der Waals surface area contributed by atoms with Crippen LogP contribution in [0.15, 0.2) is 42.5 Å². The number of hydrogen-bond donors (Lipinski definition) is 1. The lowest BCUT2D eigenvalue weighted by molar-refractivity contribution is -0.384. The number of sulfonamides is 1. The quantitative estimate of drug-likeness (QED) is 0.419. The molecule has 0 heterocycles. The number of nitro benzene ring substituents is 1. The first-order valence-electron chi connectivity index (χ1n) is 9.84. The molecule has 0 aliphatic heterocycles. The van der Waals surface area contributed by atoms with Crippen LogP contribution in [0.1, 0.15) is 18.1 Å². The van der Waals surface area contributed by atoms with Crippen molar-refractivity contribution in [3.8, 4) is 0 Å². The molecule has 0 aliphatic carbocycles. The highest BCUT2D eigenvalue weighted by Gasteiger charge is 2.31. The number of benzene rings is 2. The Morgan fingerprint density at radius 1 is 1.21 bits per heavy atom. The van der Waals surface area contributed by atoms with Crippen LogP contribution in [0.4, 0.5) is 11.4 Å². The fourth-order valence-electron chi connectivity index (χ4n) is 3.18. The first-order chi connectivity index (χ1) is 15.4. The highest BCUT2D eigenvalue weighted by molar-refractivity contribution is 7.92. The smallest absolute Gasteiger partial charge is 0.271 e. The topological polar surface area (TPSA) is 130 Å². The van der Waals surface area contributed by atoms with Crippen molar-refractivity contribution in [3.63, 3.8) is 0 Å². The zero-order chi connectivity index (χ0) is 24.9. The van der Waals surface area contributed by atoms with Crippen molar-refractivity contribution in [2.75, 3.05) is 24.2 Å². The van der Waals surface area contributed by atoms with E-state index in [1.165, 1.54) is 31.0 Å². The number of nitro groups is 1. The molecule has 2 aromatic carbocycles. The molecule has 0 aromatic heterocycles. The first-order valence-corrected chi connectivity index (χ1v) is 12.1. The Labute approximate surface area is 197 Å². The molecule has 0 fully saturated rings. The van der Waals surface area contributed by atoms with Gasteiger partial charge in [0.25, 0.3) is 5.69 Å². The molecule has 10 nitrogen and oxygen atoms in total. The molecule has 0 bridgehead atoms. The Morgan fingerprint density at radius 3 is 2.39 bits per heavy atom. The van der Waals surface area contributed by atoms with Crippen molar-refractivity contribution < 1.29 is 22.9 Å². The van der Waals surface area contributed by atoms with E-state index in [0.717, 1.165) is 16.6 Å². The molecule has 1 atom stereocenters. The van der Waals surface area contributed by atoms with E-state index in [9.17, 15) is 28.1 Å². The summed E-state index contributed by atoms with van der Waals surface area (Å²) in [5.74, 6) is -1.13. The molecule has 1 N–H and O–H groups in total. The number of aryl methyl sites for hydroxylation is 1. The Hall–Kier alpha value is -3.18. The summed E-state index contributed by atoms with van der Waals surface area (Å²) < 4.78 is 26.0. The maximum atomic E-state index is 13.3. The number of halogens is 1. The number of non-ortho nitro benzene ring substituents is 1. The maximum absolute atomic E-state index is 13.3. The van der Waals surface area contributed by atoms with Gasteiger partial charge in [0, 0.05) is 30.7 Å². The van der Waals surface area contributed by atoms with Gasteiger partial charge in [-0.15, -0.1) is 0 Å². The van der Waals surface area contributed by atoms with Gasteiger partial charge in [-0.2, -0.15) is 0 Å². The molecular formula is C21H25ClN4O6S. The van der Waals surface area contributed by atoms with Gasteiger partial charge in [0.05, 0.1) is 16.9 Å². The van der Waals surface area contributed by atoms with E-state index in [1.807, 2.05) is 0 Å². The van der Waals surface area contributed by atoms with Crippen LogP contribution in [0, 0.1) is 17.0 Å². The van der Waals surface area contributed by atoms with Crippen LogP contribution >= 0.6 is 11.6 Å². The van der Waals surface area contributed by atoms with E-state index in [1.54, 1.807) is 31.2 Å². The molecule has 33 heavy (non-hydrogen) atoms. The Kier molecular flexibility index (Phi) is 8.39. The van der Waals surface area contributed by atoms with E-state index in [4.69, 9.17) is 11.6 Å². The number of nitrogens with zero attached hydrogens (tertiary/aromatic N) is 3. The monoisotopic (exact) mass is 496 g/mol. The third-order valence-corrected chi connectivity index (χ3v) is 6.56. The van der Waals surface area contributed by atoms with Crippen molar-refractivity contribution >= 4 is 44.8 Å². The van der Waals surface area contributed by atoms with Crippen molar-refractivity contribution in [1.82, 2.24) is 10.2 Å². The second-order valence-electron chi connectivity index (χ2n) is 7.40. The zero-order valence-electron chi connectivity index (χ0n) is 18.6. The molecule has 0 aliphatic rings. The van der Waals surface area contributed by atoms with Crippen LogP contribution in [0.5, 0.6) is 0 Å². The SMILES string of the molecule is CNC(=O)C(C)N(Cc1ccccc1Cl)C(=O)CN(c1cc([N+](=O)[O-])ccc1C)S(C)(=O)=O. The lowest BCUT2D eigenvalue weighted by Gasteiger charge is -2.31. The third-order valence-electron chi connectivity index (χ3n) is 5.06. The molecule has 12 heteroatoms. The number of nitrogens with one attached hydrogen (secondary N) is 1. The van der Waals surface area contributed by atoms with Crippen molar-refractivity contribution in [1.29, 1.82) is 0 Å². The molecule has 2 rings (SSSR count). The molecule has 0 saturated heterocycles. The lowest BCUT2D eigenvalue weighted by atomic mass is 10.1. The zero-order valence-corrected chi connectivity index (χ0v) is 20.2. The number of likely N-dealkylation sites (N-methyl/N-ethyl adjacent to an activating group) is 1. The summed E-state index contributed by atoms with van der Waals surface area (Å²) in [6.45, 7) is 2.39. The van der Waals surface area contributed by atoms with Crippen LogP contribution in [0.3, 0.4) is 0 Å². The summed E-state index contributed by atoms with van der Waals surface area (Å²) in [6.07, 6.45) is 0.902. The van der Waals surface area contributed by atoms with Gasteiger partial charge in [0.2, 0.25) is 21.8 Å². The number of carbonyl (C=O) groups is 2. The van der Waals surface area contributed by atoms with E-state index in [2.05, 4.69) is 5.32 Å². The standard InChI is InChI=1S/C21H25ClN4O6S/c1-14-9-10-17(26(29)30)11-19(14)25(33(4,31)32)13-20(27)24(15(2)21(28)23-3)12-16-7-5-6-8-18(16)22/h5-11,15H,12-13H2,1-4H3,(H,23,28). The van der Waals surface area contributed by atoms with Gasteiger partial charge in [-0.3, -0.25) is 24.0 Å². The van der Waals surface area contributed by atoms with Crippen LogP contribution in [-0.2, 0) is 26.2 Å². The number of rotatable bonds is 9. The van der Waals surface area contributed by atoms with Crippen LogP contribution in [-0.4, -0.2) is 55.9 Å². The average molecular weight is 497 g/mol. The molecule has 178 valence electrons.